The molecule has 2 aromatic rings. The Balaban J connectivity index is 1.88. The second kappa shape index (κ2) is 9.02. The van der Waals surface area contributed by atoms with Gasteiger partial charge in [0.15, 0.2) is 0 Å². The van der Waals surface area contributed by atoms with Gasteiger partial charge in [-0.25, -0.2) is 0 Å². The van der Waals surface area contributed by atoms with Gasteiger partial charge in [-0.05, 0) is 62.2 Å². The second-order valence-electron chi connectivity index (χ2n) is 6.38. The van der Waals surface area contributed by atoms with E-state index in [4.69, 9.17) is 9.84 Å². The Bertz CT molecular complexity index is 715. The summed E-state index contributed by atoms with van der Waals surface area (Å²) in [5.74, 6) is 0.0251. The maximum Gasteiger partial charge on any atom is 0.317 e. The molecule has 0 aliphatic rings. The second-order valence-corrected chi connectivity index (χ2v) is 7.23. The summed E-state index contributed by atoms with van der Waals surface area (Å²) in [4.78, 5) is 12.6. The van der Waals surface area contributed by atoms with Crippen LogP contribution >= 0.6 is 15.9 Å². The van der Waals surface area contributed by atoms with Crippen LogP contribution in [0.1, 0.15) is 23.6 Å². The van der Waals surface area contributed by atoms with Crippen molar-refractivity contribution in [3.05, 3.63) is 63.6 Å². The summed E-state index contributed by atoms with van der Waals surface area (Å²) in [5, 5.41) is 8.86. The summed E-state index contributed by atoms with van der Waals surface area (Å²) >= 11 is 3.50. The van der Waals surface area contributed by atoms with Gasteiger partial charge in [0.2, 0.25) is 0 Å². The minimum atomic E-state index is -0.804. The topological polar surface area (TPSA) is 49.8 Å². The summed E-state index contributed by atoms with van der Waals surface area (Å²) in [6.07, 6.45) is 0.802. The van der Waals surface area contributed by atoms with E-state index in [0.29, 0.717) is 6.61 Å². The van der Waals surface area contributed by atoms with E-state index in [2.05, 4.69) is 28.9 Å². The molecule has 2 aromatic carbocycles. The molecule has 1 atom stereocenters. The number of nitrogens with zero attached hydrogens (tertiary/aromatic N) is 1. The van der Waals surface area contributed by atoms with Crippen molar-refractivity contribution in [1.29, 1.82) is 0 Å². The molecule has 25 heavy (non-hydrogen) atoms. The van der Waals surface area contributed by atoms with E-state index < -0.39 is 5.97 Å². The first-order valence-electron chi connectivity index (χ1n) is 8.24. The average molecular weight is 406 g/mol. The highest BCUT2D eigenvalue weighted by Gasteiger charge is 2.12. The van der Waals surface area contributed by atoms with Gasteiger partial charge in [-0.1, -0.05) is 40.2 Å². The highest BCUT2D eigenvalue weighted by atomic mass is 79.9. The van der Waals surface area contributed by atoms with Crippen molar-refractivity contribution in [2.75, 3.05) is 13.6 Å². The number of hydrogen-bond donors (Lipinski definition) is 1. The minimum Gasteiger partial charge on any atom is -0.489 e. The predicted octanol–water partition coefficient (Wildman–Crippen LogP) is 4.28. The number of carbonyl (C=O) groups is 1. The lowest BCUT2D eigenvalue weighted by atomic mass is 10.1. The van der Waals surface area contributed by atoms with Gasteiger partial charge < -0.3 is 9.84 Å². The molecule has 0 aromatic heterocycles. The van der Waals surface area contributed by atoms with Crippen LogP contribution in [0.3, 0.4) is 0 Å². The van der Waals surface area contributed by atoms with Crippen molar-refractivity contribution in [2.45, 2.75) is 32.9 Å². The first-order valence-corrected chi connectivity index (χ1v) is 9.03. The minimum absolute atomic E-state index is 0.0506. The molecule has 0 aliphatic carbocycles. The molecule has 5 heteroatoms. The maximum atomic E-state index is 10.8. The van der Waals surface area contributed by atoms with Crippen LogP contribution in [0.15, 0.2) is 46.9 Å². The van der Waals surface area contributed by atoms with Crippen LogP contribution in [0, 0.1) is 6.92 Å². The van der Waals surface area contributed by atoms with E-state index in [0.717, 1.165) is 27.8 Å². The lowest BCUT2D eigenvalue weighted by Gasteiger charge is -2.22. The van der Waals surface area contributed by atoms with Gasteiger partial charge in [0.1, 0.15) is 12.4 Å². The molecule has 1 N–H and O–H groups in total. The van der Waals surface area contributed by atoms with Gasteiger partial charge in [0.25, 0.3) is 0 Å². The molecule has 0 saturated carbocycles. The number of carboxylic acid groups (broad SMARTS) is 1. The van der Waals surface area contributed by atoms with E-state index in [9.17, 15) is 4.79 Å². The van der Waals surface area contributed by atoms with Gasteiger partial charge in [0, 0.05) is 10.5 Å². The molecular weight excluding hydrogens is 382 g/mol. The van der Waals surface area contributed by atoms with E-state index in [-0.39, 0.29) is 12.6 Å². The Labute approximate surface area is 157 Å². The molecule has 0 amide bonds. The van der Waals surface area contributed by atoms with Gasteiger partial charge in [0.05, 0.1) is 6.54 Å². The van der Waals surface area contributed by atoms with Crippen molar-refractivity contribution in [1.82, 2.24) is 4.90 Å². The highest BCUT2D eigenvalue weighted by Crippen LogP contribution is 2.19. The van der Waals surface area contributed by atoms with Crippen LogP contribution in [-0.2, 0) is 17.8 Å². The lowest BCUT2D eigenvalue weighted by Crippen LogP contribution is -2.35. The van der Waals surface area contributed by atoms with Gasteiger partial charge in [-0.3, -0.25) is 9.69 Å². The maximum absolute atomic E-state index is 10.8. The molecule has 0 unspecified atom stereocenters. The zero-order valence-corrected chi connectivity index (χ0v) is 16.4. The third-order valence-corrected chi connectivity index (χ3v) is 5.11. The molecule has 134 valence electrons. The number of benzene rings is 2. The number of halogens is 1. The van der Waals surface area contributed by atoms with Crippen molar-refractivity contribution in [3.8, 4) is 5.75 Å². The van der Waals surface area contributed by atoms with Crippen LogP contribution in [0.25, 0.3) is 0 Å². The summed E-state index contributed by atoms with van der Waals surface area (Å²) in [6.45, 7) is 4.67. The number of carboxylic acids is 1. The molecule has 4 nitrogen and oxygen atoms in total. The Hall–Kier alpha value is -1.85. The molecule has 2 rings (SSSR count). The zero-order chi connectivity index (χ0) is 18.4. The van der Waals surface area contributed by atoms with E-state index in [1.54, 1.807) is 0 Å². The standard InChI is InChI=1S/C20H24BrNO3/c1-14-10-17(6-9-19(14)21)13-25-18-7-4-16(5-8-18)11-15(2)22(3)12-20(23)24/h4-10,15H,11-13H2,1-3H3,(H,23,24)/t15-/m1/s1. The molecule has 0 bridgehead atoms. The average Bonchev–Trinajstić information content (AvgIpc) is 2.56. The quantitative estimate of drug-likeness (QED) is 0.711. The number of rotatable bonds is 8. The molecule has 0 radical (unpaired) electrons. The van der Waals surface area contributed by atoms with Gasteiger partial charge >= 0.3 is 5.97 Å². The molecule has 0 spiro atoms. The van der Waals surface area contributed by atoms with E-state index in [1.165, 1.54) is 5.56 Å². The molecule has 0 aliphatic heterocycles. The number of ether oxygens (including phenoxy) is 1. The normalized spacial score (nSPS) is 12.2. The number of aryl methyl sites for hydroxylation is 1. The van der Waals surface area contributed by atoms with Crippen molar-refractivity contribution >= 4 is 21.9 Å². The fourth-order valence-corrected chi connectivity index (χ4v) is 2.80. The van der Waals surface area contributed by atoms with Crippen molar-refractivity contribution in [2.24, 2.45) is 0 Å². The largest absolute Gasteiger partial charge is 0.489 e. The molecule has 0 heterocycles. The van der Waals surface area contributed by atoms with E-state index in [1.807, 2.05) is 55.3 Å². The number of likely N-dealkylation sites (N-methyl/N-ethyl adjacent to an activating group) is 1. The summed E-state index contributed by atoms with van der Waals surface area (Å²) in [5.41, 5.74) is 3.49. The zero-order valence-electron chi connectivity index (χ0n) is 14.8. The molecule has 0 saturated heterocycles. The Morgan fingerprint density at radius 2 is 1.84 bits per heavy atom. The van der Waals surface area contributed by atoms with Crippen LogP contribution in [0.5, 0.6) is 5.75 Å². The highest BCUT2D eigenvalue weighted by molar-refractivity contribution is 9.10. The fraction of sp³-hybridized carbons (Fsp3) is 0.350. The molecule has 0 fully saturated rings. The number of aliphatic carboxylic acids is 1. The lowest BCUT2D eigenvalue weighted by molar-refractivity contribution is -0.138. The molecular formula is C20H24BrNO3. The predicted molar refractivity (Wildman–Crippen MR) is 103 cm³/mol. The van der Waals surface area contributed by atoms with Crippen LogP contribution in [0.4, 0.5) is 0 Å². The van der Waals surface area contributed by atoms with Crippen LogP contribution in [-0.4, -0.2) is 35.6 Å². The van der Waals surface area contributed by atoms with Gasteiger partial charge in [-0.15, -0.1) is 0 Å². The van der Waals surface area contributed by atoms with Crippen molar-refractivity contribution < 1.29 is 14.6 Å². The third kappa shape index (κ3) is 6.18. The summed E-state index contributed by atoms with van der Waals surface area (Å²) < 4.78 is 6.94. The SMILES string of the molecule is Cc1cc(COc2ccc(C[C@@H](C)N(C)CC(=O)O)cc2)ccc1Br. The Kier molecular flexibility index (Phi) is 7.02. The van der Waals surface area contributed by atoms with Crippen LogP contribution < -0.4 is 4.74 Å². The summed E-state index contributed by atoms with van der Waals surface area (Å²) in [6, 6.07) is 14.3. The van der Waals surface area contributed by atoms with Crippen LogP contribution in [0.2, 0.25) is 0 Å². The smallest absolute Gasteiger partial charge is 0.317 e. The number of hydrogen-bond acceptors (Lipinski definition) is 3. The first kappa shape index (κ1) is 19.5. The first-order chi connectivity index (χ1) is 11.8. The third-order valence-electron chi connectivity index (χ3n) is 4.22. The monoisotopic (exact) mass is 405 g/mol. The fourth-order valence-electron chi connectivity index (χ4n) is 2.55. The Morgan fingerprint density at radius 3 is 2.44 bits per heavy atom. The van der Waals surface area contributed by atoms with E-state index >= 15 is 0 Å². The van der Waals surface area contributed by atoms with Crippen molar-refractivity contribution in [3.63, 3.8) is 0 Å². The summed E-state index contributed by atoms with van der Waals surface area (Å²) in [7, 11) is 1.83. The Morgan fingerprint density at radius 1 is 1.20 bits per heavy atom. The van der Waals surface area contributed by atoms with Gasteiger partial charge in [-0.2, -0.15) is 0 Å².